The highest BCUT2D eigenvalue weighted by molar-refractivity contribution is 5.79. The number of hydrogen-bond acceptors (Lipinski definition) is 2. The molecule has 0 heterocycles. The van der Waals surface area contributed by atoms with Crippen LogP contribution in [0.5, 0.6) is 5.75 Å². The van der Waals surface area contributed by atoms with Gasteiger partial charge in [0.15, 0.2) is 6.29 Å². The Bertz CT molecular complexity index is 600. The first kappa shape index (κ1) is 13.1. The van der Waals surface area contributed by atoms with Crippen molar-refractivity contribution in [2.75, 3.05) is 0 Å². The summed E-state index contributed by atoms with van der Waals surface area (Å²) in [5, 5.41) is 0. The van der Waals surface area contributed by atoms with E-state index < -0.39 is 0 Å². The van der Waals surface area contributed by atoms with Gasteiger partial charge in [-0.05, 0) is 30.2 Å². The molecule has 0 aromatic heterocycles. The average molecular weight is 252 g/mol. The van der Waals surface area contributed by atoms with Crippen molar-refractivity contribution in [1.82, 2.24) is 0 Å². The van der Waals surface area contributed by atoms with E-state index in [4.69, 9.17) is 4.74 Å². The van der Waals surface area contributed by atoms with Crippen LogP contribution in [0.2, 0.25) is 0 Å². The minimum atomic E-state index is 0.424. The number of benzene rings is 2. The van der Waals surface area contributed by atoms with Crippen LogP contribution in [-0.4, -0.2) is 6.29 Å². The lowest BCUT2D eigenvalue weighted by atomic mass is 10.1. The van der Waals surface area contributed by atoms with Crippen molar-refractivity contribution in [2.24, 2.45) is 0 Å². The maximum atomic E-state index is 10.9. The van der Waals surface area contributed by atoms with Gasteiger partial charge >= 0.3 is 0 Å². The predicted molar refractivity (Wildman–Crippen MR) is 77.4 cm³/mol. The highest BCUT2D eigenvalue weighted by Gasteiger charge is 2.04. The molecule has 0 amide bonds. The lowest BCUT2D eigenvalue weighted by molar-refractivity contribution is 0.111. The number of carbonyl (C=O) groups is 1. The van der Waals surface area contributed by atoms with Gasteiger partial charge in [-0.15, -0.1) is 0 Å². The van der Waals surface area contributed by atoms with Crippen LogP contribution in [0.3, 0.4) is 0 Å². The number of aryl methyl sites for hydroxylation is 1. The molecular formula is C17H16O2. The molecule has 0 bridgehead atoms. The van der Waals surface area contributed by atoms with Crippen LogP contribution in [0, 0.1) is 6.92 Å². The van der Waals surface area contributed by atoms with Crippen LogP contribution in [0.1, 0.15) is 27.0 Å². The Hall–Kier alpha value is -2.35. The first-order valence-corrected chi connectivity index (χ1v) is 6.13. The lowest BCUT2D eigenvalue weighted by Crippen LogP contribution is -2.00. The Morgan fingerprint density at radius 1 is 1.16 bits per heavy atom. The molecular weight excluding hydrogens is 236 g/mol. The van der Waals surface area contributed by atoms with Crippen molar-refractivity contribution >= 4 is 12.4 Å². The SMILES string of the molecule is C=Cc1ccc(C)cc1COc1ccccc1C=O. The summed E-state index contributed by atoms with van der Waals surface area (Å²) >= 11 is 0. The summed E-state index contributed by atoms with van der Waals surface area (Å²) in [5.41, 5.74) is 3.85. The highest BCUT2D eigenvalue weighted by atomic mass is 16.5. The van der Waals surface area contributed by atoms with Gasteiger partial charge in [0.2, 0.25) is 0 Å². The minimum absolute atomic E-state index is 0.424. The molecule has 0 aliphatic rings. The third-order valence-corrected chi connectivity index (χ3v) is 2.95. The number of hydrogen-bond donors (Lipinski definition) is 0. The summed E-state index contributed by atoms with van der Waals surface area (Å²) in [6, 6.07) is 13.3. The van der Waals surface area contributed by atoms with E-state index in [1.165, 1.54) is 5.56 Å². The summed E-state index contributed by atoms with van der Waals surface area (Å²) in [7, 11) is 0. The van der Waals surface area contributed by atoms with Gasteiger partial charge in [0.1, 0.15) is 12.4 Å². The van der Waals surface area contributed by atoms with Gasteiger partial charge in [-0.1, -0.05) is 48.6 Å². The van der Waals surface area contributed by atoms with Crippen molar-refractivity contribution in [3.63, 3.8) is 0 Å². The molecule has 0 spiro atoms. The van der Waals surface area contributed by atoms with Crippen LogP contribution in [0.15, 0.2) is 49.0 Å². The Morgan fingerprint density at radius 3 is 2.68 bits per heavy atom. The van der Waals surface area contributed by atoms with Crippen molar-refractivity contribution in [2.45, 2.75) is 13.5 Å². The molecule has 0 radical (unpaired) electrons. The summed E-state index contributed by atoms with van der Waals surface area (Å²) in [4.78, 5) is 10.9. The second kappa shape index (κ2) is 6.01. The standard InChI is InChI=1S/C17H16O2/c1-3-14-9-8-13(2)10-16(14)12-19-17-7-5-4-6-15(17)11-18/h3-11H,1,12H2,2H3. The Kier molecular flexibility index (Phi) is 4.14. The van der Waals surface area contributed by atoms with Gasteiger partial charge in [-0.2, -0.15) is 0 Å². The summed E-state index contributed by atoms with van der Waals surface area (Å²) < 4.78 is 5.73. The van der Waals surface area contributed by atoms with Crippen LogP contribution in [0.4, 0.5) is 0 Å². The number of aldehydes is 1. The fourth-order valence-corrected chi connectivity index (χ4v) is 1.92. The van der Waals surface area contributed by atoms with Crippen molar-refractivity contribution in [1.29, 1.82) is 0 Å². The maximum absolute atomic E-state index is 10.9. The van der Waals surface area contributed by atoms with Crippen molar-refractivity contribution in [3.05, 3.63) is 71.3 Å². The zero-order chi connectivity index (χ0) is 13.7. The van der Waals surface area contributed by atoms with Gasteiger partial charge in [0, 0.05) is 0 Å². The van der Waals surface area contributed by atoms with Crippen LogP contribution in [0.25, 0.3) is 6.08 Å². The fraction of sp³-hybridized carbons (Fsp3) is 0.118. The largest absolute Gasteiger partial charge is 0.488 e. The van der Waals surface area contributed by atoms with Crippen molar-refractivity contribution < 1.29 is 9.53 Å². The van der Waals surface area contributed by atoms with E-state index in [2.05, 4.69) is 12.6 Å². The van der Waals surface area contributed by atoms with E-state index in [-0.39, 0.29) is 0 Å². The smallest absolute Gasteiger partial charge is 0.153 e. The highest BCUT2D eigenvalue weighted by Crippen LogP contribution is 2.20. The van der Waals surface area contributed by atoms with E-state index >= 15 is 0 Å². The van der Waals surface area contributed by atoms with E-state index in [1.807, 2.05) is 37.3 Å². The third-order valence-electron chi connectivity index (χ3n) is 2.95. The molecule has 0 saturated heterocycles. The summed E-state index contributed by atoms with van der Waals surface area (Å²) in [6.45, 7) is 6.26. The topological polar surface area (TPSA) is 26.3 Å². The van der Waals surface area contributed by atoms with Crippen molar-refractivity contribution in [3.8, 4) is 5.75 Å². The van der Waals surface area contributed by atoms with E-state index in [0.29, 0.717) is 17.9 Å². The van der Waals surface area contributed by atoms with Gasteiger partial charge in [-0.25, -0.2) is 0 Å². The minimum Gasteiger partial charge on any atom is -0.488 e. The van der Waals surface area contributed by atoms with E-state index in [1.54, 1.807) is 12.1 Å². The van der Waals surface area contributed by atoms with Crippen LogP contribution < -0.4 is 4.74 Å². The lowest BCUT2D eigenvalue weighted by Gasteiger charge is -2.11. The van der Waals surface area contributed by atoms with Crippen LogP contribution in [-0.2, 0) is 6.61 Å². The van der Waals surface area contributed by atoms with Gasteiger partial charge in [-0.3, -0.25) is 4.79 Å². The monoisotopic (exact) mass is 252 g/mol. The third kappa shape index (κ3) is 3.10. The zero-order valence-electron chi connectivity index (χ0n) is 10.9. The summed E-state index contributed by atoms with van der Waals surface area (Å²) in [6.07, 6.45) is 2.61. The number of carbonyl (C=O) groups excluding carboxylic acids is 1. The first-order chi connectivity index (χ1) is 9.24. The molecule has 0 saturated carbocycles. The average Bonchev–Trinajstić information content (AvgIpc) is 2.45. The molecule has 2 nitrogen and oxygen atoms in total. The molecule has 0 atom stereocenters. The maximum Gasteiger partial charge on any atom is 0.153 e. The van der Waals surface area contributed by atoms with Gasteiger partial charge in [0.05, 0.1) is 5.56 Å². The molecule has 19 heavy (non-hydrogen) atoms. The number of ether oxygens (including phenoxy) is 1. The predicted octanol–water partition coefficient (Wildman–Crippen LogP) is 4.03. The normalized spacial score (nSPS) is 9.95. The van der Waals surface area contributed by atoms with Crippen LogP contribution >= 0.6 is 0 Å². The molecule has 0 N–H and O–H groups in total. The van der Waals surface area contributed by atoms with Gasteiger partial charge < -0.3 is 4.74 Å². The molecule has 2 rings (SSSR count). The second-order valence-electron chi connectivity index (χ2n) is 4.35. The molecule has 2 aromatic carbocycles. The molecule has 0 aliphatic heterocycles. The quantitative estimate of drug-likeness (QED) is 0.751. The fourth-order valence-electron chi connectivity index (χ4n) is 1.92. The molecule has 96 valence electrons. The number of para-hydroxylation sites is 1. The molecule has 0 aliphatic carbocycles. The summed E-state index contributed by atoms with van der Waals surface area (Å²) in [5.74, 6) is 0.606. The number of rotatable bonds is 5. The first-order valence-electron chi connectivity index (χ1n) is 6.13. The molecule has 2 aromatic rings. The molecule has 2 heteroatoms. The Labute approximate surface area is 113 Å². The van der Waals surface area contributed by atoms with E-state index in [0.717, 1.165) is 17.4 Å². The Morgan fingerprint density at radius 2 is 1.95 bits per heavy atom. The Balaban J connectivity index is 2.20. The second-order valence-corrected chi connectivity index (χ2v) is 4.35. The van der Waals surface area contributed by atoms with E-state index in [9.17, 15) is 4.79 Å². The zero-order valence-corrected chi connectivity index (χ0v) is 10.9. The van der Waals surface area contributed by atoms with Gasteiger partial charge in [0.25, 0.3) is 0 Å². The molecule has 0 fully saturated rings. The molecule has 0 unspecified atom stereocenters.